The Morgan fingerprint density at radius 2 is 2.55 bits per heavy atom. The minimum absolute atomic E-state index is 0.935. The Morgan fingerprint density at radius 1 is 1.73 bits per heavy atom. The molecule has 1 aromatic heterocycles. The molecule has 0 saturated heterocycles. The van der Waals surface area contributed by atoms with E-state index in [4.69, 9.17) is 0 Å². The lowest BCUT2D eigenvalue weighted by atomic mass is 10.6. The SMILES string of the molecule is Cn1cnnc1SCCCS. The summed E-state index contributed by atoms with van der Waals surface area (Å²) in [4.78, 5) is 0. The van der Waals surface area contributed by atoms with Crippen molar-refractivity contribution in [3.63, 3.8) is 0 Å². The summed E-state index contributed by atoms with van der Waals surface area (Å²) < 4.78 is 1.92. The smallest absolute Gasteiger partial charge is 0.190 e. The maximum atomic E-state index is 4.12. The average molecular weight is 189 g/mol. The second kappa shape index (κ2) is 4.66. The molecule has 3 nitrogen and oxygen atoms in total. The molecule has 0 aliphatic heterocycles. The van der Waals surface area contributed by atoms with Crippen molar-refractivity contribution in [1.29, 1.82) is 0 Å². The van der Waals surface area contributed by atoms with Crippen LogP contribution < -0.4 is 0 Å². The molecule has 0 fully saturated rings. The molecule has 0 aliphatic carbocycles. The molecule has 5 heteroatoms. The van der Waals surface area contributed by atoms with Gasteiger partial charge in [-0.05, 0) is 12.2 Å². The van der Waals surface area contributed by atoms with Gasteiger partial charge in [0.2, 0.25) is 0 Å². The largest absolute Gasteiger partial charge is 0.312 e. The quantitative estimate of drug-likeness (QED) is 0.439. The first-order valence-electron chi connectivity index (χ1n) is 3.42. The monoisotopic (exact) mass is 189 g/mol. The molecule has 0 amide bonds. The Labute approximate surface area is 76.0 Å². The van der Waals surface area contributed by atoms with Crippen molar-refractivity contribution < 1.29 is 0 Å². The molecule has 0 N–H and O–H groups in total. The van der Waals surface area contributed by atoms with Crippen LogP contribution in [-0.2, 0) is 7.05 Å². The van der Waals surface area contributed by atoms with E-state index >= 15 is 0 Å². The molecular formula is C6H11N3S2. The number of rotatable bonds is 4. The fraction of sp³-hybridized carbons (Fsp3) is 0.667. The maximum Gasteiger partial charge on any atom is 0.190 e. The standard InChI is InChI=1S/C6H11N3S2/c1-9-5-7-8-6(9)11-4-2-3-10/h5,10H,2-4H2,1H3. The second-order valence-electron chi connectivity index (χ2n) is 2.15. The van der Waals surface area contributed by atoms with E-state index in [-0.39, 0.29) is 0 Å². The highest BCUT2D eigenvalue weighted by atomic mass is 32.2. The van der Waals surface area contributed by atoms with Gasteiger partial charge in [-0.15, -0.1) is 10.2 Å². The lowest BCUT2D eigenvalue weighted by molar-refractivity contribution is 0.788. The highest BCUT2D eigenvalue weighted by Gasteiger charge is 1.98. The maximum absolute atomic E-state index is 4.12. The molecule has 0 aromatic carbocycles. The summed E-state index contributed by atoms with van der Waals surface area (Å²) in [6.45, 7) is 0. The summed E-state index contributed by atoms with van der Waals surface area (Å²) in [7, 11) is 1.95. The van der Waals surface area contributed by atoms with Crippen molar-refractivity contribution in [3.8, 4) is 0 Å². The molecule has 11 heavy (non-hydrogen) atoms. The van der Waals surface area contributed by atoms with Gasteiger partial charge in [0.05, 0.1) is 0 Å². The summed E-state index contributed by atoms with van der Waals surface area (Å²) in [6, 6.07) is 0. The fourth-order valence-corrected chi connectivity index (χ4v) is 1.83. The molecule has 0 aliphatic rings. The zero-order chi connectivity index (χ0) is 8.10. The molecule has 0 unspecified atom stereocenters. The van der Waals surface area contributed by atoms with Gasteiger partial charge in [-0.2, -0.15) is 12.6 Å². The number of hydrogen-bond acceptors (Lipinski definition) is 4. The molecule has 0 atom stereocenters. The van der Waals surface area contributed by atoms with Crippen LogP contribution in [0.2, 0.25) is 0 Å². The molecular weight excluding hydrogens is 178 g/mol. The van der Waals surface area contributed by atoms with Crippen molar-refractivity contribution in [2.75, 3.05) is 11.5 Å². The van der Waals surface area contributed by atoms with Gasteiger partial charge in [0, 0.05) is 12.8 Å². The van der Waals surface area contributed by atoms with Crippen LogP contribution in [0, 0.1) is 0 Å². The van der Waals surface area contributed by atoms with Gasteiger partial charge >= 0.3 is 0 Å². The van der Waals surface area contributed by atoms with E-state index in [0.717, 1.165) is 23.1 Å². The predicted octanol–water partition coefficient (Wildman–Crippen LogP) is 1.23. The Hall–Kier alpha value is -0.160. The fourth-order valence-electron chi connectivity index (χ4n) is 0.631. The molecule has 0 saturated carbocycles. The molecule has 1 heterocycles. The van der Waals surface area contributed by atoms with Gasteiger partial charge in [0.1, 0.15) is 6.33 Å². The first-order chi connectivity index (χ1) is 5.34. The summed E-state index contributed by atoms with van der Waals surface area (Å²) in [5.74, 6) is 2.00. The van der Waals surface area contributed by atoms with Crippen LogP contribution in [0.5, 0.6) is 0 Å². The van der Waals surface area contributed by atoms with E-state index in [9.17, 15) is 0 Å². The van der Waals surface area contributed by atoms with Crippen LogP contribution in [0.1, 0.15) is 6.42 Å². The van der Waals surface area contributed by atoms with E-state index in [1.165, 1.54) is 0 Å². The average Bonchev–Trinajstić information content (AvgIpc) is 2.37. The van der Waals surface area contributed by atoms with Crippen molar-refractivity contribution in [3.05, 3.63) is 6.33 Å². The number of aromatic nitrogens is 3. The van der Waals surface area contributed by atoms with Crippen molar-refractivity contribution in [2.45, 2.75) is 11.6 Å². The van der Waals surface area contributed by atoms with Crippen molar-refractivity contribution in [1.82, 2.24) is 14.8 Å². The molecule has 0 bridgehead atoms. The van der Waals surface area contributed by atoms with Gasteiger partial charge in [-0.1, -0.05) is 11.8 Å². The van der Waals surface area contributed by atoms with Gasteiger partial charge in [-0.25, -0.2) is 0 Å². The molecule has 0 spiro atoms. The molecule has 1 aromatic rings. The lowest BCUT2D eigenvalue weighted by Crippen LogP contribution is -1.90. The van der Waals surface area contributed by atoms with Crippen LogP contribution in [0.4, 0.5) is 0 Å². The Bertz CT molecular complexity index is 211. The van der Waals surface area contributed by atoms with Gasteiger partial charge in [-0.3, -0.25) is 0 Å². The first kappa shape index (κ1) is 8.93. The summed E-state index contributed by atoms with van der Waals surface area (Å²) in [6.07, 6.45) is 2.82. The van der Waals surface area contributed by atoms with Crippen molar-refractivity contribution in [2.24, 2.45) is 7.05 Å². The molecule has 1 rings (SSSR count). The molecule has 62 valence electrons. The zero-order valence-corrected chi connectivity index (χ0v) is 8.11. The normalized spacial score (nSPS) is 10.4. The van der Waals surface area contributed by atoms with Gasteiger partial charge in [0.15, 0.2) is 5.16 Å². The van der Waals surface area contributed by atoms with Gasteiger partial charge in [0.25, 0.3) is 0 Å². The summed E-state index contributed by atoms with van der Waals surface area (Å²) >= 11 is 5.84. The van der Waals surface area contributed by atoms with Crippen LogP contribution in [0.25, 0.3) is 0 Å². The molecule has 0 radical (unpaired) electrons. The first-order valence-corrected chi connectivity index (χ1v) is 5.04. The second-order valence-corrected chi connectivity index (χ2v) is 3.66. The van der Waals surface area contributed by atoms with Crippen LogP contribution in [0.3, 0.4) is 0 Å². The highest BCUT2D eigenvalue weighted by molar-refractivity contribution is 7.99. The van der Waals surface area contributed by atoms with E-state index in [0.29, 0.717) is 0 Å². The summed E-state index contributed by atoms with van der Waals surface area (Å²) in [5, 5.41) is 8.69. The van der Waals surface area contributed by atoms with E-state index in [2.05, 4.69) is 22.8 Å². The Kier molecular flexibility index (Phi) is 3.79. The van der Waals surface area contributed by atoms with E-state index in [1.54, 1.807) is 18.1 Å². The predicted molar refractivity (Wildman–Crippen MR) is 50.2 cm³/mol. The number of thioether (sulfide) groups is 1. The third-order valence-electron chi connectivity index (χ3n) is 1.20. The number of thiol groups is 1. The van der Waals surface area contributed by atoms with E-state index < -0.39 is 0 Å². The van der Waals surface area contributed by atoms with E-state index in [1.807, 2.05) is 11.6 Å². The van der Waals surface area contributed by atoms with Gasteiger partial charge < -0.3 is 4.57 Å². The van der Waals surface area contributed by atoms with Crippen LogP contribution in [0.15, 0.2) is 11.5 Å². The topological polar surface area (TPSA) is 30.7 Å². The minimum Gasteiger partial charge on any atom is -0.312 e. The minimum atomic E-state index is 0.935. The third-order valence-corrected chi connectivity index (χ3v) is 2.64. The number of nitrogens with zero attached hydrogens (tertiary/aromatic N) is 3. The van der Waals surface area contributed by atoms with Crippen molar-refractivity contribution >= 4 is 24.4 Å². The number of hydrogen-bond donors (Lipinski definition) is 1. The highest BCUT2D eigenvalue weighted by Crippen LogP contribution is 2.13. The Morgan fingerprint density at radius 3 is 3.09 bits per heavy atom. The third kappa shape index (κ3) is 2.75. The van der Waals surface area contributed by atoms with Crippen LogP contribution in [-0.4, -0.2) is 26.3 Å². The van der Waals surface area contributed by atoms with Crippen LogP contribution >= 0.6 is 24.4 Å². The lowest BCUT2D eigenvalue weighted by Gasteiger charge is -1.97. The number of aryl methyl sites for hydroxylation is 1. The Balaban J connectivity index is 2.32. The summed E-state index contributed by atoms with van der Waals surface area (Å²) in [5.41, 5.74) is 0. The zero-order valence-electron chi connectivity index (χ0n) is 6.40.